The van der Waals surface area contributed by atoms with Crippen LogP contribution < -0.4 is 5.73 Å². The lowest BCUT2D eigenvalue weighted by Gasteiger charge is -2.10. The molecule has 0 saturated heterocycles. The molecule has 0 radical (unpaired) electrons. The fourth-order valence-corrected chi connectivity index (χ4v) is 0.990. The molecule has 0 fully saturated rings. The van der Waals surface area contributed by atoms with E-state index < -0.39 is 29.1 Å². The summed E-state index contributed by atoms with van der Waals surface area (Å²) in [5, 5.41) is 9.05. The predicted octanol–water partition coefficient (Wildman–Crippen LogP) is 1.10. The molecule has 0 spiro atoms. The Bertz CT molecular complexity index is 293. The second-order valence-electron chi connectivity index (χ2n) is 2.53. The summed E-state index contributed by atoms with van der Waals surface area (Å²) in [5.74, 6) is -3.28. The normalized spacial score (nSPS) is 13.0. The molecule has 1 aromatic carbocycles. The van der Waals surface area contributed by atoms with Crippen LogP contribution in [0.4, 0.5) is 13.2 Å². The van der Waals surface area contributed by atoms with E-state index in [4.69, 9.17) is 10.8 Å². The Labute approximate surface area is 72.8 Å². The van der Waals surface area contributed by atoms with Crippen LogP contribution in [0.1, 0.15) is 11.7 Å². The summed E-state index contributed by atoms with van der Waals surface area (Å²) in [6.07, 6.45) is -1.44. The number of halogens is 3. The van der Waals surface area contributed by atoms with E-state index in [0.717, 1.165) is 0 Å². The third kappa shape index (κ3) is 1.99. The van der Waals surface area contributed by atoms with Crippen molar-refractivity contribution in [1.82, 2.24) is 0 Å². The Hall–Kier alpha value is -1.07. The van der Waals surface area contributed by atoms with Crippen LogP contribution in [0.2, 0.25) is 0 Å². The molecule has 0 aliphatic rings. The fourth-order valence-electron chi connectivity index (χ4n) is 0.990. The highest BCUT2D eigenvalue weighted by Crippen LogP contribution is 2.20. The van der Waals surface area contributed by atoms with Gasteiger partial charge in [-0.2, -0.15) is 0 Å². The van der Waals surface area contributed by atoms with E-state index in [-0.39, 0.29) is 6.54 Å². The number of aliphatic hydroxyl groups excluding tert-OH is 1. The lowest BCUT2D eigenvalue weighted by Crippen LogP contribution is -2.15. The molecular weight excluding hydrogens is 183 g/mol. The number of nitrogens with two attached hydrogens (primary N) is 1. The molecule has 1 atom stereocenters. The number of aliphatic hydroxyl groups is 1. The highest BCUT2D eigenvalue weighted by atomic mass is 19.1. The molecule has 1 aromatic rings. The Morgan fingerprint density at radius 1 is 1.23 bits per heavy atom. The van der Waals surface area contributed by atoms with Gasteiger partial charge in [-0.15, -0.1) is 0 Å². The number of benzene rings is 1. The first-order valence-corrected chi connectivity index (χ1v) is 3.59. The smallest absolute Gasteiger partial charge is 0.134 e. The Balaban J connectivity index is 3.20. The zero-order valence-electron chi connectivity index (χ0n) is 6.60. The molecule has 0 saturated carbocycles. The maximum Gasteiger partial charge on any atom is 0.134 e. The van der Waals surface area contributed by atoms with Gasteiger partial charge in [-0.3, -0.25) is 0 Å². The van der Waals surface area contributed by atoms with Crippen molar-refractivity contribution in [2.24, 2.45) is 5.73 Å². The standard InChI is InChI=1S/C8H8F3NO/c9-4-1-5(10)8(6(11)2-4)7(13)3-12/h1-2,7,13H,3,12H2. The number of hydrogen-bond donors (Lipinski definition) is 2. The summed E-state index contributed by atoms with van der Waals surface area (Å²) in [7, 11) is 0. The average Bonchev–Trinajstić information content (AvgIpc) is 2.02. The minimum absolute atomic E-state index is 0.320. The number of hydrogen-bond acceptors (Lipinski definition) is 2. The van der Waals surface area contributed by atoms with Crippen LogP contribution in [0.15, 0.2) is 12.1 Å². The first kappa shape index (κ1) is 10.0. The van der Waals surface area contributed by atoms with Gasteiger partial charge in [0.1, 0.15) is 17.5 Å². The number of rotatable bonds is 2. The molecule has 0 heterocycles. The summed E-state index contributed by atoms with van der Waals surface area (Å²) in [4.78, 5) is 0. The second kappa shape index (κ2) is 3.76. The Morgan fingerprint density at radius 2 is 1.69 bits per heavy atom. The van der Waals surface area contributed by atoms with E-state index in [9.17, 15) is 13.2 Å². The Morgan fingerprint density at radius 3 is 2.08 bits per heavy atom. The molecule has 72 valence electrons. The van der Waals surface area contributed by atoms with Gasteiger partial charge in [0.2, 0.25) is 0 Å². The summed E-state index contributed by atoms with van der Waals surface area (Å²) in [6, 6.07) is 0.995. The van der Waals surface area contributed by atoms with Crippen molar-refractivity contribution in [2.45, 2.75) is 6.10 Å². The minimum Gasteiger partial charge on any atom is -0.387 e. The Kier molecular flexibility index (Phi) is 2.90. The van der Waals surface area contributed by atoms with Gasteiger partial charge in [-0.1, -0.05) is 0 Å². The zero-order valence-corrected chi connectivity index (χ0v) is 6.60. The van der Waals surface area contributed by atoms with Crippen LogP contribution in [0, 0.1) is 17.5 Å². The fraction of sp³-hybridized carbons (Fsp3) is 0.250. The first-order chi connectivity index (χ1) is 6.06. The average molecular weight is 191 g/mol. The molecular formula is C8H8F3NO. The molecule has 1 unspecified atom stereocenters. The quantitative estimate of drug-likeness (QED) is 0.735. The lowest BCUT2D eigenvalue weighted by atomic mass is 10.1. The van der Waals surface area contributed by atoms with Crippen molar-refractivity contribution >= 4 is 0 Å². The van der Waals surface area contributed by atoms with Crippen molar-refractivity contribution in [3.63, 3.8) is 0 Å². The van der Waals surface area contributed by atoms with Gasteiger partial charge in [0, 0.05) is 18.7 Å². The maximum absolute atomic E-state index is 12.9. The van der Waals surface area contributed by atoms with Crippen molar-refractivity contribution < 1.29 is 18.3 Å². The summed E-state index contributed by atoms with van der Waals surface area (Å²) < 4.78 is 38.1. The highest BCUT2D eigenvalue weighted by molar-refractivity contribution is 5.23. The zero-order chi connectivity index (χ0) is 10.0. The van der Waals surface area contributed by atoms with Crippen molar-refractivity contribution in [2.75, 3.05) is 6.54 Å². The van der Waals surface area contributed by atoms with Crippen LogP contribution in [-0.4, -0.2) is 11.7 Å². The highest BCUT2D eigenvalue weighted by Gasteiger charge is 2.17. The monoisotopic (exact) mass is 191 g/mol. The van der Waals surface area contributed by atoms with Crippen LogP contribution in [0.3, 0.4) is 0 Å². The van der Waals surface area contributed by atoms with Gasteiger partial charge in [0.25, 0.3) is 0 Å². The van der Waals surface area contributed by atoms with Crippen LogP contribution in [0.25, 0.3) is 0 Å². The van der Waals surface area contributed by atoms with Gasteiger partial charge in [0.05, 0.1) is 11.7 Å². The predicted molar refractivity (Wildman–Crippen MR) is 40.3 cm³/mol. The van der Waals surface area contributed by atoms with Gasteiger partial charge < -0.3 is 10.8 Å². The van der Waals surface area contributed by atoms with Gasteiger partial charge >= 0.3 is 0 Å². The molecule has 5 heteroatoms. The van der Waals surface area contributed by atoms with E-state index in [0.29, 0.717) is 12.1 Å². The molecule has 0 aromatic heterocycles. The van der Waals surface area contributed by atoms with E-state index >= 15 is 0 Å². The molecule has 0 bridgehead atoms. The van der Waals surface area contributed by atoms with E-state index in [1.807, 2.05) is 0 Å². The first-order valence-electron chi connectivity index (χ1n) is 3.59. The van der Waals surface area contributed by atoms with E-state index in [1.165, 1.54) is 0 Å². The van der Waals surface area contributed by atoms with Crippen LogP contribution >= 0.6 is 0 Å². The molecule has 13 heavy (non-hydrogen) atoms. The topological polar surface area (TPSA) is 46.2 Å². The largest absolute Gasteiger partial charge is 0.387 e. The van der Waals surface area contributed by atoms with Gasteiger partial charge in [0.15, 0.2) is 0 Å². The van der Waals surface area contributed by atoms with E-state index in [2.05, 4.69) is 0 Å². The van der Waals surface area contributed by atoms with E-state index in [1.54, 1.807) is 0 Å². The molecule has 0 aliphatic carbocycles. The summed E-state index contributed by atoms with van der Waals surface area (Å²) in [5.41, 5.74) is 4.41. The SMILES string of the molecule is NCC(O)c1c(F)cc(F)cc1F. The third-order valence-corrected chi connectivity index (χ3v) is 1.60. The molecule has 1 rings (SSSR count). The third-order valence-electron chi connectivity index (χ3n) is 1.60. The van der Waals surface area contributed by atoms with Crippen molar-refractivity contribution in [1.29, 1.82) is 0 Å². The van der Waals surface area contributed by atoms with Gasteiger partial charge in [-0.05, 0) is 0 Å². The minimum atomic E-state index is -1.44. The van der Waals surface area contributed by atoms with Crippen molar-refractivity contribution in [3.05, 3.63) is 35.1 Å². The molecule has 0 amide bonds. The maximum atomic E-state index is 12.9. The molecule has 0 aliphatic heterocycles. The van der Waals surface area contributed by atoms with Crippen LogP contribution in [0.5, 0.6) is 0 Å². The lowest BCUT2D eigenvalue weighted by molar-refractivity contribution is 0.176. The summed E-state index contributed by atoms with van der Waals surface area (Å²) >= 11 is 0. The van der Waals surface area contributed by atoms with Gasteiger partial charge in [-0.25, -0.2) is 13.2 Å². The molecule has 2 nitrogen and oxygen atoms in total. The molecule has 3 N–H and O–H groups in total. The van der Waals surface area contributed by atoms with Crippen LogP contribution in [-0.2, 0) is 0 Å². The summed E-state index contributed by atoms with van der Waals surface area (Å²) in [6.45, 7) is -0.320. The van der Waals surface area contributed by atoms with Crippen molar-refractivity contribution in [3.8, 4) is 0 Å². The second-order valence-corrected chi connectivity index (χ2v) is 2.53.